The number of hydrogen-bond acceptors (Lipinski definition) is 2. The van der Waals surface area contributed by atoms with Gasteiger partial charge in [0, 0.05) is 25.5 Å². The highest BCUT2D eigenvalue weighted by atomic mass is 15.4. The summed E-state index contributed by atoms with van der Waals surface area (Å²) in [6.45, 7) is 9.43. The van der Waals surface area contributed by atoms with Crippen molar-refractivity contribution in [2.45, 2.75) is 175 Å². The summed E-state index contributed by atoms with van der Waals surface area (Å²) in [7, 11) is 0. The molecule has 2 nitrogen and oxygen atoms in total. The van der Waals surface area contributed by atoms with Gasteiger partial charge in [0.25, 0.3) is 0 Å². The Labute approximate surface area is 210 Å². The maximum absolute atomic E-state index is 2.67. The molecule has 2 heteroatoms. The Bertz CT molecular complexity index is 419. The molecular weight excluding hydrogens is 400 g/mol. The fraction of sp³-hybridized carbons (Fsp3) is 0.935. The lowest BCUT2D eigenvalue weighted by atomic mass is 10.0. The van der Waals surface area contributed by atoms with E-state index in [1.807, 2.05) is 0 Å². The van der Waals surface area contributed by atoms with Crippen molar-refractivity contribution in [1.29, 1.82) is 0 Å². The molecule has 0 saturated heterocycles. The van der Waals surface area contributed by atoms with Crippen LogP contribution in [-0.4, -0.2) is 29.1 Å². The third kappa shape index (κ3) is 16.6. The normalized spacial score (nSPS) is 15.8. The van der Waals surface area contributed by atoms with Gasteiger partial charge in [-0.2, -0.15) is 0 Å². The molecule has 0 aromatic heterocycles. The molecule has 1 aliphatic heterocycles. The Kier molecular flexibility index (Phi) is 21.3. The van der Waals surface area contributed by atoms with Gasteiger partial charge < -0.3 is 9.80 Å². The van der Waals surface area contributed by atoms with Crippen LogP contribution in [0.3, 0.4) is 0 Å². The summed E-state index contributed by atoms with van der Waals surface area (Å²) in [6.07, 6.45) is 38.1. The molecule has 0 fully saturated rings. The van der Waals surface area contributed by atoms with Crippen LogP contribution >= 0.6 is 0 Å². The fourth-order valence-electron chi connectivity index (χ4n) is 5.28. The Morgan fingerprint density at radius 1 is 0.394 bits per heavy atom. The van der Waals surface area contributed by atoms with Gasteiger partial charge in [-0.05, 0) is 25.7 Å². The van der Waals surface area contributed by atoms with Crippen LogP contribution in [0, 0.1) is 0 Å². The first-order chi connectivity index (χ1) is 16.3. The van der Waals surface area contributed by atoms with Crippen molar-refractivity contribution in [1.82, 2.24) is 9.80 Å². The molecule has 1 aliphatic rings. The van der Waals surface area contributed by atoms with E-state index in [4.69, 9.17) is 0 Å². The van der Waals surface area contributed by atoms with Gasteiger partial charge in [-0.25, -0.2) is 0 Å². The maximum Gasteiger partial charge on any atom is 0.101 e. The first-order valence-electron chi connectivity index (χ1n) is 15.5. The van der Waals surface area contributed by atoms with Crippen molar-refractivity contribution in [3.63, 3.8) is 0 Å². The van der Waals surface area contributed by atoms with Crippen LogP contribution in [0.25, 0.3) is 0 Å². The van der Waals surface area contributed by atoms with E-state index >= 15 is 0 Å². The third-order valence-corrected chi connectivity index (χ3v) is 7.57. The van der Waals surface area contributed by atoms with Crippen LogP contribution in [0.4, 0.5) is 0 Å². The molecule has 1 unspecified atom stereocenters. The summed E-state index contributed by atoms with van der Waals surface area (Å²) in [5, 5.41) is 0. The lowest BCUT2D eigenvalue weighted by molar-refractivity contribution is 0.136. The summed E-state index contributed by atoms with van der Waals surface area (Å²) in [4.78, 5) is 5.32. The minimum absolute atomic E-state index is 0.643. The van der Waals surface area contributed by atoms with Crippen LogP contribution in [0.2, 0.25) is 0 Å². The van der Waals surface area contributed by atoms with Gasteiger partial charge in [-0.3, -0.25) is 0 Å². The molecule has 0 amide bonds. The average Bonchev–Trinajstić information content (AvgIpc) is 3.21. The van der Waals surface area contributed by atoms with Crippen LogP contribution < -0.4 is 0 Å². The maximum atomic E-state index is 2.67. The van der Waals surface area contributed by atoms with Crippen molar-refractivity contribution in [3.8, 4) is 0 Å². The molecule has 33 heavy (non-hydrogen) atoms. The van der Waals surface area contributed by atoms with Crippen molar-refractivity contribution in [2.24, 2.45) is 0 Å². The van der Waals surface area contributed by atoms with Crippen molar-refractivity contribution >= 4 is 0 Å². The molecule has 1 rings (SSSR count). The molecule has 0 aliphatic carbocycles. The molecular formula is C31H62N2. The smallest absolute Gasteiger partial charge is 0.101 e. The summed E-state index contributed by atoms with van der Waals surface area (Å²) >= 11 is 0. The molecule has 196 valence electrons. The first kappa shape index (κ1) is 30.4. The van der Waals surface area contributed by atoms with Crippen LogP contribution in [0.1, 0.15) is 168 Å². The molecule has 1 heterocycles. The molecule has 0 aromatic rings. The Morgan fingerprint density at radius 3 is 1.15 bits per heavy atom. The van der Waals surface area contributed by atoms with Crippen molar-refractivity contribution in [3.05, 3.63) is 12.4 Å². The number of hydrogen-bond donors (Lipinski definition) is 0. The van der Waals surface area contributed by atoms with Gasteiger partial charge >= 0.3 is 0 Å². The van der Waals surface area contributed by atoms with E-state index in [1.54, 1.807) is 0 Å². The molecule has 0 N–H and O–H groups in total. The quantitative estimate of drug-likeness (QED) is 0.124. The van der Waals surface area contributed by atoms with E-state index in [0.29, 0.717) is 6.17 Å². The monoisotopic (exact) mass is 462 g/mol. The average molecular weight is 463 g/mol. The predicted octanol–water partition coefficient (Wildman–Crippen LogP) is 10.4. The fourth-order valence-corrected chi connectivity index (χ4v) is 5.28. The van der Waals surface area contributed by atoms with E-state index in [-0.39, 0.29) is 0 Å². The molecule has 0 spiro atoms. The van der Waals surface area contributed by atoms with Gasteiger partial charge in [0.1, 0.15) is 6.17 Å². The van der Waals surface area contributed by atoms with Gasteiger partial charge in [0.15, 0.2) is 0 Å². The van der Waals surface area contributed by atoms with Gasteiger partial charge in [0.2, 0.25) is 0 Å². The second kappa shape index (κ2) is 23.1. The highest BCUT2D eigenvalue weighted by Gasteiger charge is 2.24. The van der Waals surface area contributed by atoms with Crippen LogP contribution in [0.5, 0.6) is 0 Å². The van der Waals surface area contributed by atoms with E-state index in [1.165, 1.54) is 161 Å². The predicted molar refractivity (Wildman–Crippen MR) is 150 cm³/mol. The van der Waals surface area contributed by atoms with Crippen LogP contribution in [0.15, 0.2) is 12.4 Å². The molecule has 0 saturated carbocycles. The van der Waals surface area contributed by atoms with Gasteiger partial charge in [0.05, 0.1) is 0 Å². The second-order valence-corrected chi connectivity index (χ2v) is 10.8. The van der Waals surface area contributed by atoms with E-state index in [2.05, 4.69) is 43.0 Å². The molecule has 0 radical (unpaired) electrons. The number of unbranched alkanes of at least 4 members (excludes halogenated alkanes) is 19. The topological polar surface area (TPSA) is 6.48 Å². The summed E-state index contributed by atoms with van der Waals surface area (Å²) in [5.41, 5.74) is 0. The van der Waals surface area contributed by atoms with Crippen molar-refractivity contribution < 1.29 is 0 Å². The Morgan fingerprint density at radius 2 is 0.727 bits per heavy atom. The van der Waals surface area contributed by atoms with Gasteiger partial charge in [-0.1, -0.05) is 143 Å². The highest BCUT2D eigenvalue weighted by molar-refractivity contribution is 4.96. The van der Waals surface area contributed by atoms with Crippen molar-refractivity contribution in [2.75, 3.05) is 13.1 Å². The zero-order chi connectivity index (χ0) is 23.8. The summed E-state index contributed by atoms with van der Waals surface area (Å²) in [6, 6.07) is 0. The largest absolute Gasteiger partial charge is 0.356 e. The lowest BCUT2D eigenvalue weighted by Gasteiger charge is -2.33. The zero-order valence-corrected chi connectivity index (χ0v) is 23.3. The third-order valence-electron chi connectivity index (χ3n) is 7.57. The highest BCUT2D eigenvalue weighted by Crippen LogP contribution is 2.23. The van der Waals surface area contributed by atoms with E-state index in [0.717, 1.165) is 0 Å². The SMILES string of the molecule is CCCCCCCCCCCCCCC1N(CCCC)C=CN1CCCCCCCCCC. The second-order valence-electron chi connectivity index (χ2n) is 10.8. The minimum Gasteiger partial charge on any atom is -0.356 e. The zero-order valence-electron chi connectivity index (χ0n) is 23.3. The Hall–Kier alpha value is -0.660. The first-order valence-corrected chi connectivity index (χ1v) is 15.5. The van der Waals surface area contributed by atoms with E-state index < -0.39 is 0 Å². The Balaban J connectivity index is 2.12. The standard InChI is InChI=1S/C31H62N2/c1-4-7-10-12-14-16-17-18-19-20-22-24-26-31-32(27-9-6-3)29-30-33(31)28-25-23-21-15-13-11-8-5-2/h29-31H,4-28H2,1-3H3. The lowest BCUT2D eigenvalue weighted by Crippen LogP contribution is -2.39. The molecule has 0 bridgehead atoms. The molecule has 0 aromatic carbocycles. The van der Waals surface area contributed by atoms with E-state index in [9.17, 15) is 0 Å². The summed E-state index contributed by atoms with van der Waals surface area (Å²) in [5.74, 6) is 0. The van der Waals surface area contributed by atoms with Crippen LogP contribution in [-0.2, 0) is 0 Å². The number of nitrogens with zero attached hydrogens (tertiary/aromatic N) is 2. The summed E-state index contributed by atoms with van der Waals surface area (Å²) < 4.78 is 0. The van der Waals surface area contributed by atoms with Gasteiger partial charge in [-0.15, -0.1) is 0 Å². The molecule has 1 atom stereocenters. The minimum atomic E-state index is 0.643. The number of rotatable bonds is 25.